The molecule has 1 aromatic rings. The van der Waals surface area contributed by atoms with Gasteiger partial charge in [0.1, 0.15) is 5.38 Å². The Morgan fingerprint density at radius 3 is 2.47 bits per heavy atom. The Balaban J connectivity index is 2.33. The van der Waals surface area contributed by atoms with Crippen LogP contribution in [0.5, 0.6) is 0 Å². The number of alkyl halides is 1. The predicted molar refractivity (Wildman–Crippen MR) is 69.2 cm³/mol. The maximum Gasteiger partial charge on any atom is 0.325 e. The van der Waals surface area contributed by atoms with Gasteiger partial charge in [-0.15, -0.1) is 11.6 Å². The first-order valence-corrected chi connectivity index (χ1v) is 6.11. The van der Waals surface area contributed by atoms with E-state index in [4.69, 9.17) is 11.6 Å². The fraction of sp³-hybridized carbons (Fsp3) is 0.462. The zero-order valence-corrected chi connectivity index (χ0v) is 11.0. The summed E-state index contributed by atoms with van der Waals surface area (Å²) < 4.78 is 4.53. The third-order valence-corrected chi connectivity index (χ3v) is 2.87. The minimum atomic E-state index is -0.630. The monoisotopic (exact) mass is 255 g/mol. The summed E-state index contributed by atoms with van der Waals surface area (Å²) in [5.41, 5.74) is 2.49. The van der Waals surface area contributed by atoms with E-state index in [0.29, 0.717) is 13.1 Å². The van der Waals surface area contributed by atoms with Gasteiger partial charge in [0.15, 0.2) is 0 Å². The molecule has 1 atom stereocenters. The molecule has 1 rings (SSSR count). The van der Waals surface area contributed by atoms with Gasteiger partial charge >= 0.3 is 5.97 Å². The molecule has 0 bridgehead atoms. The highest BCUT2D eigenvalue weighted by molar-refractivity contribution is 6.30. The predicted octanol–water partition coefficient (Wildman–Crippen LogP) is 2.12. The van der Waals surface area contributed by atoms with Crippen molar-refractivity contribution in [2.24, 2.45) is 0 Å². The van der Waals surface area contributed by atoms with Gasteiger partial charge < -0.3 is 10.1 Å². The molecule has 0 aliphatic rings. The fourth-order valence-electron chi connectivity index (χ4n) is 1.45. The third-order valence-electron chi connectivity index (χ3n) is 2.54. The highest BCUT2D eigenvalue weighted by atomic mass is 35.5. The number of halogens is 1. The van der Waals surface area contributed by atoms with Crippen molar-refractivity contribution in [3.05, 3.63) is 35.4 Å². The standard InChI is InChI=1S/C13H18ClNO2/c1-3-10-4-6-11(7-5-10)8-15-9-12(14)13(16)17-2/h4-7,12,15H,3,8-9H2,1-2H3. The minimum absolute atomic E-state index is 0.402. The summed E-state index contributed by atoms with van der Waals surface area (Å²) in [6.07, 6.45) is 1.04. The maximum absolute atomic E-state index is 11.0. The largest absolute Gasteiger partial charge is 0.468 e. The van der Waals surface area contributed by atoms with Crippen LogP contribution in [0.25, 0.3) is 0 Å². The van der Waals surface area contributed by atoms with Crippen molar-refractivity contribution < 1.29 is 9.53 Å². The van der Waals surface area contributed by atoms with Gasteiger partial charge in [0.25, 0.3) is 0 Å². The summed E-state index contributed by atoms with van der Waals surface area (Å²) in [5, 5.41) is 2.49. The second-order valence-corrected chi connectivity index (χ2v) is 4.32. The number of esters is 1. The Kier molecular flexibility index (Phi) is 6.01. The van der Waals surface area contributed by atoms with Gasteiger partial charge in [0, 0.05) is 13.1 Å². The number of hydrogen-bond acceptors (Lipinski definition) is 3. The number of carbonyl (C=O) groups is 1. The molecular weight excluding hydrogens is 238 g/mol. The van der Waals surface area contributed by atoms with Crippen molar-refractivity contribution in [2.45, 2.75) is 25.3 Å². The van der Waals surface area contributed by atoms with Gasteiger partial charge in [-0.1, -0.05) is 31.2 Å². The molecule has 0 amide bonds. The van der Waals surface area contributed by atoms with E-state index in [1.807, 2.05) is 0 Å². The van der Waals surface area contributed by atoms with Gasteiger partial charge in [0.2, 0.25) is 0 Å². The molecule has 1 unspecified atom stereocenters. The van der Waals surface area contributed by atoms with E-state index in [1.54, 1.807) is 0 Å². The quantitative estimate of drug-likeness (QED) is 0.625. The zero-order chi connectivity index (χ0) is 12.7. The molecule has 0 heterocycles. The molecule has 3 nitrogen and oxygen atoms in total. The summed E-state index contributed by atoms with van der Waals surface area (Å²) in [4.78, 5) is 11.0. The molecule has 0 fully saturated rings. The second kappa shape index (κ2) is 7.30. The van der Waals surface area contributed by atoms with Crippen LogP contribution >= 0.6 is 11.6 Å². The van der Waals surface area contributed by atoms with Crippen LogP contribution in [0, 0.1) is 0 Å². The van der Waals surface area contributed by atoms with E-state index in [0.717, 1.165) is 6.42 Å². The molecule has 94 valence electrons. The summed E-state index contributed by atoms with van der Waals surface area (Å²) in [7, 11) is 1.33. The van der Waals surface area contributed by atoms with Gasteiger partial charge in [-0.2, -0.15) is 0 Å². The van der Waals surface area contributed by atoms with Crippen molar-refractivity contribution in [1.29, 1.82) is 0 Å². The smallest absolute Gasteiger partial charge is 0.325 e. The molecule has 17 heavy (non-hydrogen) atoms. The number of benzene rings is 1. The maximum atomic E-state index is 11.0. The van der Waals surface area contributed by atoms with Crippen LogP contribution in [-0.4, -0.2) is 25.0 Å². The Hall–Kier alpha value is -1.06. The van der Waals surface area contributed by atoms with Gasteiger partial charge in [0.05, 0.1) is 7.11 Å². The molecule has 0 spiro atoms. The van der Waals surface area contributed by atoms with E-state index in [9.17, 15) is 4.79 Å². The van der Waals surface area contributed by atoms with Gasteiger partial charge in [-0.25, -0.2) is 0 Å². The van der Waals surface area contributed by atoms with E-state index < -0.39 is 11.3 Å². The van der Waals surface area contributed by atoms with Crippen LogP contribution in [0.1, 0.15) is 18.1 Å². The van der Waals surface area contributed by atoms with Crippen molar-refractivity contribution in [1.82, 2.24) is 5.32 Å². The van der Waals surface area contributed by atoms with Gasteiger partial charge in [-0.05, 0) is 17.5 Å². The number of nitrogens with one attached hydrogen (secondary N) is 1. The first-order chi connectivity index (χ1) is 8.17. The number of methoxy groups -OCH3 is 1. The second-order valence-electron chi connectivity index (χ2n) is 3.79. The molecule has 4 heteroatoms. The lowest BCUT2D eigenvalue weighted by Crippen LogP contribution is -2.29. The van der Waals surface area contributed by atoms with Crippen LogP contribution in [0.4, 0.5) is 0 Å². The lowest BCUT2D eigenvalue weighted by Gasteiger charge is -2.09. The van der Waals surface area contributed by atoms with Crippen molar-refractivity contribution in [2.75, 3.05) is 13.7 Å². The molecule has 0 aromatic heterocycles. The Labute approximate surface area is 107 Å². The molecule has 0 saturated carbocycles. The van der Waals surface area contributed by atoms with E-state index in [-0.39, 0.29) is 0 Å². The topological polar surface area (TPSA) is 38.3 Å². The van der Waals surface area contributed by atoms with Crippen molar-refractivity contribution in [3.63, 3.8) is 0 Å². The minimum Gasteiger partial charge on any atom is -0.468 e. The SMILES string of the molecule is CCc1ccc(CNCC(Cl)C(=O)OC)cc1. The van der Waals surface area contributed by atoms with Crippen LogP contribution in [0.3, 0.4) is 0 Å². The van der Waals surface area contributed by atoms with E-state index in [2.05, 4.69) is 41.2 Å². The lowest BCUT2D eigenvalue weighted by molar-refractivity contribution is -0.140. The number of aryl methyl sites for hydroxylation is 1. The van der Waals surface area contributed by atoms with Crippen molar-refractivity contribution >= 4 is 17.6 Å². The van der Waals surface area contributed by atoms with Crippen LogP contribution in [0.15, 0.2) is 24.3 Å². The van der Waals surface area contributed by atoms with Crippen molar-refractivity contribution in [3.8, 4) is 0 Å². The Bertz CT molecular complexity index is 351. The molecule has 0 aliphatic heterocycles. The summed E-state index contributed by atoms with van der Waals surface area (Å²) in [6, 6.07) is 8.37. The molecular formula is C13H18ClNO2. The molecule has 1 aromatic carbocycles. The molecule has 0 saturated heterocycles. The Morgan fingerprint density at radius 2 is 1.94 bits per heavy atom. The summed E-state index contributed by atoms with van der Waals surface area (Å²) in [6.45, 7) is 3.23. The Morgan fingerprint density at radius 1 is 1.35 bits per heavy atom. The van der Waals surface area contributed by atoms with Crippen LogP contribution in [-0.2, 0) is 22.5 Å². The van der Waals surface area contributed by atoms with Crippen LogP contribution < -0.4 is 5.32 Å². The average molecular weight is 256 g/mol. The highest BCUT2D eigenvalue weighted by Gasteiger charge is 2.14. The first-order valence-electron chi connectivity index (χ1n) is 5.67. The fourth-order valence-corrected chi connectivity index (χ4v) is 1.65. The average Bonchev–Trinajstić information content (AvgIpc) is 2.38. The lowest BCUT2D eigenvalue weighted by atomic mass is 10.1. The van der Waals surface area contributed by atoms with Crippen LogP contribution in [0.2, 0.25) is 0 Å². The van der Waals surface area contributed by atoms with E-state index >= 15 is 0 Å². The number of hydrogen-bond donors (Lipinski definition) is 1. The third kappa shape index (κ3) is 4.75. The van der Waals surface area contributed by atoms with E-state index in [1.165, 1.54) is 18.2 Å². The number of rotatable bonds is 6. The number of carbonyl (C=O) groups excluding carboxylic acids is 1. The van der Waals surface area contributed by atoms with Gasteiger partial charge in [-0.3, -0.25) is 4.79 Å². The highest BCUT2D eigenvalue weighted by Crippen LogP contribution is 2.05. The first kappa shape index (κ1) is 14.0. The normalized spacial score (nSPS) is 12.2. The summed E-state index contributed by atoms with van der Waals surface area (Å²) >= 11 is 5.81. The molecule has 1 N–H and O–H groups in total. The number of ether oxygens (including phenoxy) is 1. The zero-order valence-electron chi connectivity index (χ0n) is 10.2. The summed E-state index contributed by atoms with van der Waals surface area (Å²) in [5.74, 6) is -0.402. The molecule has 0 radical (unpaired) electrons. The molecule has 0 aliphatic carbocycles.